The summed E-state index contributed by atoms with van der Waals surface area (Å²) in [6, 6.07) is 3.67. The molecule has 0 aromatic carbocycles. The van der Waals surface area contributed by atoms with Gasteiger partial charge in [-0.2, -0.15) is 0 Å². The van der Waals surface area contributed by atoms with Crippen LogP contribution in [0.15, 0.2) is 24.5 Å². The van der Waals surface area contributed by atoms with Gasteiger partial charge in [-0.15, -0.1) is 0 Å². The number of pyridine rings is 1. The maximum absolute atomic E-state index is 11.1. The van der Waals surface area contributed by atoms with Crippen molar-refractivity contribution in [1.29, 1.82) is 0 Å². The van der Waals surface area contributed by atoms with E-state index in [1.807, 2.05) is 12.1 Å². The van der Waals surface area contributed by atoms with Crippen molar-refractivity contribution in [2.24, 2.45) is 0 Å². The molecule has 0 atom stereocenters. The first-order valence-corrected chi connectivity index (χ1v) is 6.26. The van der Waals surface area contributed by atoms with Gasteiger partial charge in [0.05, 0.1) is 12.4 Å². The average Bonchev–Trinajstić information content (AvgIpc) is 2.19. The molecule has 15 heavy (non-hydrogen) atoms. The highest BCUT2D eigenvalue weighted by Gasteiger charge is 2.07. The van der Waals surface area contributed by atoms with Crippen molar-refractivity contribution in [3.63, 3.8) is 0 Å². The number of rotatable bonds is 6. The maximum atomic E-state index is 11.1. The first kappa shape index (κ1) is 12.1. The van der Waals surface area contributed by atoms with Gasteiger partial charge < -0.3 is 5.11 Å². The molecule has 0 saturated carbocycles. The van der Waals surface area contributed by atoms with Crippen LogP contribution in [0.1, 0.15) is 5.56 Å². The van der Waals surface area contributed by atoms with Gasteiger partial charge in [0.25, 0.3) is 0 Å². The van der Waals surface area contributed by atoms with Gasteiger partial charge in [-0.05, 0) is 24.1 Å². The summed E-state index contributed by atoms with van der Waals surface area (Å²) in [6.07, 6.45) is 3.95. The highest BCUT2D eigenvalue weighted by Crippen LogP contribution is 1.96. The van der Waals surface area contributed by atoms with Crippen molar-refractivity contribution in [3.05, 3.63) is 30.1 Å². The molecule has 1 rings (SSSR count). The zero-order valence-electron chi connectivity index (χ0n) is 8.26. The number of aliphatic hydroxyl groups is 1. The van der Waals surface area contributed by atoms with Gasteiger partial charge in [0.1, 0.15) is 0 Å². The van der Waals surface area contributed by atoms with Crippen LogP contribution in [0.25, 0.3) is 0 Å². The lowest BCUT2D eigenvalue weighted by molar-refractivity contribution is 0.319. The molecule has 0 aliphatic heterocycles. The highest BCUT2D eigenvalue weighted by atomic mass is 32.2. The van der Waals surface area contributed by atoms with Crippen molar-refractivity contribution >= 4 is 10.0 Å². The number of nitrogens with zero attached hydrogens (tertiary/aromatic N) is 1. The summed E-state index contributed by atoms with van der Waals surface area (Å²) in [5.74, 6) is -0.247. The smallest absolute Gasteiger partial charge is 0.213 e. The fourth-order valence-electron chi connectivity index (χ4n) is 1.09. The number of nitrogens with one attached hydrogen (secondary N) is 1. The van der Waals surface area contributed by atoms with Crippen LogP contribution in [0.5, 0.6) is 0 Å². The standard InChI is InChI=1S/C9H14N2O3S/c12-7-8-15(13,14)11-6-3-9-1-4-10-5-2-9/h1-2,4-5,11-12H,3,6-8H2. The van der Waals surface area contributed by atoms with Gasteiger partial charge in [-0.25, -0.2) is 13.1 Å². The summed E-state index contributed by atoms with van der Waals surface area (Å²) in [5.41, 5.74) is 1.02. The molecule has 0 unspecified atom stereocenters. The maximum Gasteiger partial charge on any atom is 0.213 e. The van der Waals surface area contributed by atoms with Crippen molar-refractivity contribution < 1.29 is 13.5 Å². The minimum absolute atomic E-state index is 0.247. The first-order chi connectivity index (χ1) is 7.14. The third kappa shape index (κ3) is 4.87. The van der Waals surface area contributed by atoms with Gasteiger partial charge in [-0.3, -0.25) is 4.98 Å². The second-order valence-electron chi connectivity index (χ2n) is 3.04. The Morgan fingerprint density at radius 3 is 2.60 bits per heavy atom. The van der Waals surface area contributed by atoms with Gasteiger partial charge in [0.15, 0.2) is 0 Å². The molecule has 1 aromatic heterocycles. The summed E-state index contributed by atoms with van der Waals surface area (Å²) in [5, 5.41) is 8.49. The van der Waals surface area contributed by atoms with Crippen molar-refractivity contribution in [2.45, 2.75) is 6.42 Å². The Bertz CT molecular complexity index is 378. The van der Waals surface area contributed by atoms with Gasteiger partial charge in [0.2, 0.25) is 10.0 Å². The Labute approximate surface area is 89.2 Å². The van der Waals surface area contributed by atoms with E-state index in [1.54, 1.807) is 12.4 Å². The summed E-state index contributed by atoms with van der Waals surface area (Å²) < 4.78 is 24.7. The van der Waals surface area contributed by atoms with Gasteiger partial charge in [-0.1, -0.05) is 0 Å². The van der Waals surface area contributed by atoms with E-state index in [1.165, 1.54) is 0 Å². The van der Waals surface area contributed by atoms with E-state index in [0.717, 1.165) is 5.56 Å². The molecular formula is C9H14N2O3S. The summed E-state index contributed by atoms with van der Waals surface area (Å²) in [7, 11) is -3.32. The molecule has 0 aliphatic rings. The van der Waals surface area contributed by atoms with E-state index in [-0.39, 0.29) is 12.4 Å². The zero-order chi connectivity index (χ0) is 11.1. The number of hydrogen-bond donors (Lipinski definition) is 2. The second kappa shape index (κ2) is 5.79. The molecule has 5 nitrogen and oxygen atoms in total. The lowest BCUT2D eigenvalue weighted by Crippen LogP contribution is -2.29. The summed E-state index contributed by atoms with van der Waals surface area (Å²) in [4.78, 5) is 3.86. The molecular weight excluding hydrogens is 216 g/mol. The third-order valence-electron chi connectivity index (χ3n) is 1.85. The van der Waals surface area contributed by atoms with Crippen molar-refractivity contribution in [2.75, 3.05) is 18.9 Å². The lowest BCUT2D eigenvalue weighted by Gasteiger charge is -2.04. The second-order valence-corrected chi connectivity index (χ2v) is 4.97. The SMILES string of the molecule is O=S(=O)(CCO)NCCc1ccncc1. The first-order valence-electron chi connectivity index (χ1n) is 4.61. The Morgan fingerprint density at radius 1 is 1.33 bits per heavy atom. The predicted octanol–water partition coefficient (Wildman–Crippen LogP) is -0.464. The Morgan fingerprint density at radius 2 is 2.00 bits per heavy atom. The van der Waals surface area contributed by atoms with E-state index in [4.69, 9.17) is 5.11 Å². The lowest BCUT2D eigenvalue weighted by atomic mass is 10.2. The number of hydrogen-bond acceptors (Lipinski definition) is 4. The van der Waals surface area contributed by atoms with E-state index in [2.05, 4.69) is 9.71 Å². The summed E-state index contributed by atoms with van der Waals surface area (Å²) in [6.45, 7) is -0.0169. The van der Waals surface area contributed by atoms with Gasteiger partial charge in [0, 0.05) is 18.9 Å². The van der Waals surface area contributed by atoms with Gasteiger partial charge >= 0.3 is 0 Å². The Balaban J connectivity index is 2.34. The minimum atomic E-state index is -3.32. The number of aromatic nitrogens is 1. The molecule has 0 saturated heterocycles. The molecule has 0 spiro atoms. The Kier molecular flexibility index (Phi) is 4.67. The summed E-state index contributed by atoms with van der Waals surface area (Å²) >= 11 is 0. The van der Waals surface area contributed by atoms with Crippen LogP contribution < -0.4 is 4.72 Å². The number of sulfonamides is 1. The van der Waals surface area contributed by atoms with Crippen LogP contribution in [0.3, 0.4) is 0 Å². The van der Waals surface area contributed by atoms with E-state index < -0.39 is 10.0 Å². The van der Waals surface area contributed by atoms with Crippen molar-refractivity contribution in [1.82, 2.24) is 9.71 Å². The van der Waals surface area contributed by atoms with Crippen LogP contribution in [0.2, 0.25) is 0 Å². The third-order valence-corrected chi connectivity index (χ3v) is 3.21. The molecule has 0 aliphatic carbocycles. The van der Waals surface area contributed by atoms with E-state index in [9.17, 15) is 8.42 Å². The highest BCUT2D eigenvalue weighted by molar-refractivity contribution is 7.89. The molecule has 0 radical (unpaired) electrons. The van der Waals surface area contributed by atoms with E-state index in [0.29, 0.717) is 13.0 Å². The van der Waals surface area contributed by atoms with Crippen LogP contribution in [0, 0.1) is 0 Å². The van der Waals surface area contributed by atoms with Crippen LogP contribution >= 0.6 is 0 Å². The van der Waals surface area contributed by atoms with Crippen molar-refractivity contribution in [3.8, 4) is 0 Å². The van der Waals surface area contributed by atoms with Crippen LogP contribution in [-0.2, 0) is 16.4 Å². The van der Waals surface area contributed by atoms with Crippen LogP contribution in [-0.4, -0.2) is 37.4 Å². The minimum Gasteiger partial charge on any atom is -0.395 e. The molecule has 2 N–H and O–H groups in total. The normalized spacial score (nSPS) is 11.5. The topological polar surface area (TPSA) is 79.3 Å². The predicted molar refractivity (Wildman–Crippen MR) is 56.8 cm³/mol. The number of aliphatic hydroxyl groups excluding tert-OH is 1. The average molecular weight is 230 g/mol. The fourth-order valence-corrected chi connectivity index (χ4v) is 1.89. The molecule has 0 bridgehead atoms. The molecule has 0 amide bonds. The Hall–Kier alpha value is -0.980. The molecule has 84 valence electrons. The molecule has 0 fully saturated rings. The fraction of sp³-hybridized carbons (Fsp3) is 0.444. The monoisotopic (exact) mass is 230 g/mol. The quantitative estimate of drug-likeness (QED) is 0.693. The zero-order valence-corrected chi connectivity index (χ0v) is 9.07. The van der Waals surface area contributed by atoms with E-state index >= 15 is 0 Å². The molecule has 1 heterocycles. The van der Waals surface area contributed by atoms with Crippen LogP contribution in [0.4, 0.5) is 0 Å². The molecule has 6 heteroatoms. The largest absolute Gasteiger partial charge is 0.395 e. The molecule has 1 aromatic rings.